The first-order valence-corrected chi connectivity index (χ1v) is 17.8. The van der Waals surface area contributed by atoms with E-state index in [-0.39, 0.29) is 0 Å². The maximum absolute atomic E-state index is 2.50. The smallest absolute Gasteiger partial charge is 0.0162 e. The zero-order chi connectivity index (χ0) is 26.4. The van der Waals surface area contributed by atoms with E-state index in [0.717, 1.165) is 35.5 Å². The summed E-state index contributed by atoms with van der Waals surface area (Å²) in [5.41, 5.74) is 3.23. The SMILES string of the molecule is CCCCCCC1CCC(c2ccc(CCC3CCC(C4CCC(CCCCCC)CC4)CC3)cc2)CC1. The molecule has 0 heterocycles. The molecule has 3 aliphatic rings. The second-order valence-corrected chi connectivity index (χ2v) is 14.3. The van der Waals surface area contributed by atoms with E-state index < -0.39 is 0 Å². The maximum atomic E-state index is 2.50. The van der Waals surface area contributed by atoms with E-state index in [4.69, 9.17) is 0 Å². The first-order chi connectivity index (χ1) is 18.7. The Morgan fingerprint density at radius 1 is 0.474 bits per heavy atom. The highest BCUT2D eigenvalue weighted by Gasteiger charge is 2.30. The van der Waals surface area contributed by atoms with Gasteiger partial charge in [0.25, 0.3) is 0 Å². The fraction of sp³-hybridized carbons (Fsp3) is 0.842. The Morgan fingerprint density at radius 2 is 0.921 bits per heavy atom. The Labute approximate surface area is 238 Å². The van der Waals surface area contributed by atoms with Gasteiger partial charge in [-0.15, -0.1) is 0 Å². The summed E-state index contributed by atoms with van der Waals surface area (Å²) < 4.78 is 0. The third-order valence-electron chi connectivity index (χ3n) is 11.5. The molecule has 38 heavy (non-hydrogen) atoms. The lowest BCUT2D eigenvalue weighted by atomic mass is 9.68. The summed E-state index contributed by atoms with van der Waals surface area (Å²) in [4.78, 5) is 0. The molecule has 0 saturated heterocycles. The second-order valence-electron chi connectivity index (χ2n) is 14.3. The molecular weight excluding hydrogens is 456 g/mol. The van der Waals surface area contributed by atoms with Crippen LogP contribution in [-0.4, -0.2) is 0 Å². The quantitative estimate of drug-likeness (QED) is 0.202. The van der Waals surface area contributed by atoms with E-state index in [1.807, 2.05) is 0 Å². The molecule has 3 fully saturated rings. The summed E-state index contributed by atoms with van der Waals surface area (Å²) in [6.07, 6.45) is 35.4. The van der Waals surface area contributed by atoms with Gasteiger partial charge in [-0.05, 0) is 111 Å². The van der Waals surface area contributed by atoms with Gasteiger partial charge in [0.2, 0.25) is 0 Å². The number of hydrogen-bond acceptors (Lipinski definition) is 0. The Hall–Kier alpha value is -0.780. The molecule has 3 aliphatic carbocycles. The molecule has 0 bridgehead atoms. The number of aryl methyl sites for hydroxylation is 1. The molecule has 3 saturated carbocycles. The summed E-state index contributed by atoms with van der Waals surface area (Å²) in [6, 6.07) is 9.97. The molecule has 0 spiro atoms. The van der Waals surface area contributed by atoms with Crippen molar-refractivity contribution < 1.29 is 0 Å². The van der Waals surface area contributed by atoms with Gasteiger partial charge in [-0.1, -0.05) is 128 Å². The molecule has 0 atom stereocenters. The monoisotopic (exact) mass is 521 g/mol. The van der Waals surface area contributed by atoms with Gasteiger partial charge in [-0.25, -0.2) is 0 Å². The molecule has 0 N–H and O–H groups in total. The van der Waals surface area contributed by atoms with E-state index in [1.165, 1.54) is 128 Å². The normalized spacial score (nSPS) is 30.4. The van der Waals surface area contributed by atoms with E-state index in [1.54, 1.807) is 36.8 Å². The van der Waals surface area contributed by atoms with Crippen molar-refractivity contribution in [1.82, 2.24) is 0 Å². The number of benzene rings is 1. The molecule has 1 aromatic rings. The van der Waals surface area contributed by atoms with Crippen LogP contribution in [0, 0.1) is 29.6 Å². The van der Waals surface area contributed by atoms with Crippen LogP contribution in [0.1, 0.15) is 179 Å². The summed E-state index contributed by atoms with van der Waals surface area (Å²) in [7, 11) is 0. The number of rotatable bonds is 15. The van der Waals surface area contributed by atoms with Crippen LogP contribution in [0.2, 0.25) is 0 Å². The molecule has 0 nitrogen and oxygen atoms in total. The zero-order valence-corrected chi connectivity index (χ0v) is 25.7. The second kappa shape index (κ2) is 17.1. The maximum Gasteiger partial charge on any atom is -0.0162 e. The van der Waals surface area contributed by atoms with Crippen molar-refractivity contribution in [2.24, 2.45) is 29.6 Å². The van der Waals surface area contributed by atoms with Crippen LogP contribution >= 0.6 is 0 Å². The Bertz CT molecular complexity index is 707. The van der Waals surface area contributed by atoms with E-state index in [9.17, 15) is 0 Å². The van der Waals surface area contributed by atoms with Crippen molar-refractivity contribution in [3.8, 4) is 0 Å². The van der Waals surface area contributed by atoms with Crippen LogP contribution < -0.4 is 0 Å². The topological polar surface area (TPSA) is 0 Å². The van der Waals surface area contributed by atoms with Crippen LogP contribution in [0.3, 0.4) is 0 Å². The van der Waals surface area contributed by atoms with Crippen molar-refractivity contribution in [1.29, 1.82) is 0 Å². The molecular formula is C38H64. The Morgan fingerprint density at radius 3 is 1.39 bits per heavy atom. The molecule has 1 aromatic carbocycles. The minimum atomic E-state index is 0.836. The minimum absolute atomic E-state index is 0.836. The zero-order valence-electron chi connectivity index (χ0n) is 25.7. The van der Waals surface area contributed by atoms with Crippen molar-refractivity contribution in [3.05, 3.63) is 35.4 Å². The Balaban J connectivity index is 1.08. The van der Waals surface area contributed by atoms with Crippen molar-refractivity contribution in [2.75, 3.05) is 0 Å². The summed E-state index contributed by atoms with van der Waals surface area (Å²) in [5.74, 6) is 6.06. The van der Waals surface area contributed by atoms with Crippen LogP contribution in [0.15, 0.2) is 24.3 Å². The average Bonchev–Trinajstić information content (AvgIpc) is 2.98. The third kappa shape index (κ3) is 10.0. The van der Waals surface area contributed by atoms with E-state index >= 15 is 0 Å². The highest BCUT2D eigenvalue weighted by Crippen LogP contribution is 2.43. The molecule has 0 aromatic heterocycles. The van der Waals surface area contributed by atoms with Crippen molar-refractivity contribution >= 4 is 0 Å². The van der Waals surface area contributed by atoms with E-state index in [2.05, 4.69) is 38.1 Å². The lowest BCUT2D eigenvalue weighted by Crippen LogP contribution is -2.26. The third-order valence-corrected chi connectivity index (χ3v) is 11.5. The molecule has 4 rings (SSSR count). The minimum Gasteiger partial charge on any atom is -0.0654 e. The summed E-state index contributed by atoms with van der Waals surface area (Å²) in [6.45, 7) is 4.65. The van der Waals surface area contributed by atoms with Gasteiger partial charge in [0.05, 0.1) is 0 Å². The van der Waals surface area contributed by atoms with E-state index in [0.29, 0.717) is 0 Å². The molecule has 0 unspecified atom stereocenters. The van der Waals surface area contributed by atoms with Gasteiger partial charge >= 0.3 is 0 Å². The van der Waals surface area contributed by atoms with Crippen LogP contribution in [-0.2, 0) is 6.42 Å². The Kier molecular flexibility index (Phi) is 13.6. The fourth-order valence-corrected chi connectivity index (χ4v) is 8.73. The molecule has 0 aliphatic heterocycles. The lowest BCUT2D eigenvalue weighted by Gasteiger charge is -2.38. The van der Waals surface area contributed by atoms with Gasteiger partial charge < -0.3 is 0 Å². The van der Waals surface area contributed by atoms with Gasteiger partial charge in [-0.3, -0.25) is 0 Å². The van der Waals surface area contributed by atoms with Gasteiger partial charge in [0.1, 0.15) is 0 Å². The van der Waals surface area contributed by atoms with Crippen LogP contribution in [0.4, 0.5) is 0 Å². The first-order valence-electron chi connectivity index (χ1n) is 17.8. The number of hydrogen-bond donors (Lipinski definition) is 0. The highest BCUT2D eigenvalue weighted by atomic mass is 14.4. The lowest BCUT2D eigenvalue weighted by molar-refractivity contribution is 0.140. The van der Waals surface area contributed by atoms with Crippen LogP contribution in [0.25, 0.3) is 0 Å². The standard InChI is InChI=1S/C38H64/c1-3-5-7-9-11-31-15-23-35(24-16-31)37-27-19-33(20-28-37)13-14-34-21-29-38(30-22-34)36-25-17-32(18-26-36)12-10-8-6-4-2/h19-20,27-28,31-32,34-36,38H,3-18,21-26,29-30H2,1-2H3. The van der Waals surface area contributed by atoms with Crippen LogP contribution in [0.5, 0.6) is 0 Å². The molecule has 0 amide bonds. The highest BCUT2D eigenvalue weighted by molar-refractivity contribution is 5.26. The first kappa shape index (κ1) is 30.2. The summed E-state index contributed by atoms with van der Waals surface area (Å²) >= 11 is 0. The number of unbranched alkanes of at least 4 members (excludes halogenated alkanes) is 6. The molecule has 0 heteroatoms. The fourth-order valence-electron chi connectivity index (χ4n) is 8.73. The van der Waals surface area contributed by atoms with Crippen molar-refractivity contribution in [3.63, 3.8) is 0 Å². The largest absolute Gasteiger partial charge is 0.0654 e. The predicted molar refractivity (Wildman–Crippen MR) is 168 cm³/mol. The van der Waals surface area contributed by atoms with Gasteiger partial charge in [-0.2, -0.15) is 0 Å². The van der Waals surface area contributed by atoms with Gasteiger partial charge in [0.15, 0.2) is 0 Å². The average molecular weight is 521 g/mol. The molecule has 0 radical (unpaired) electrons. The van der Waals surface area contributed by atoms with Gasteiger partial charge in [0, 0.05) is 0 Å². The molecule has 216 valence electrons. The predicted octanol–water partition coefficient (Wildman–Crippen LogP) is 12.4. The van der Waals surface area contributed by atoms with Crippen molar-refractivity contribution in [2.45, 2.75) is 174 Å². The summed E-state index contributed by atoms with van der Waals surface area (Å²) in [5, 5.41) is 0.